The van der Waals surface area contributed by atoms with Crippen LogP contribution in [-0.2, 0) is 33.0 Å². The zero-order chi connectivity index (χ0) is 36.7. The number of halogens is 2. The van der Waals surface area contributed by atoms with Gasteiger partial charge in [0.05, 0.1) is 22.4 Å². The molecular formula is C35H39F2N5O7S. The van der Waals surface area contributed by atoms with Gasteiger partial charge in [-0.1, -0.05) is 26.0 Å². The zero-order valence-corrected chi connectivity index (χ0v) is 29.0. The molecule has 3 aromatic carbocycles. The number of aryl methyl sites for hydroxylation is 1. The van der Waals surface area contributed by atoms with E-state index in [9.17, 15) is 27.6 Å². The van der Waals surface area contributed by atoms with Gasteiger partial charge in [0.1, 0.15) is 23.2 Å². The molecule has 1 heterocycles. The molecule has 0 spiro atoms. The molecule has 1 atom stereocenters. The van der Waals surface area contributed by atoms with Gasteiger partial charge in [0, 0.05) is 37.3 Å². The van der Waals surface area contributed by atoms with Gasteiger partial charge in [0.2, 0.25) is 0 Å². The maximum Gasteiger partial charge on any atom is 0.329 e. The summed E-state index contributed by atoms with van der Waals surface area (Å²) in [7, 11) is -2.66. The van der Waals surface area contributed by atoms with E-state index in [2.05, 4.69) is 15.4 Å². The van der Waals surface area contributed by atoms with Crippen LogP contribution in [0.5, 0.6) is 0 Å². The standard InChI is InChI=1S/C35H39F2N5O7S/c1-6-24(7-2)38-33(44)23-10-14-27(15-11-23)50(47,48)40-25-19-28(36)32(29(37)20-25)34(45)39-30(35(46)49-21(3)4)18-22-8-12-26(13-9-22)42-31(43)16-17-41(42)5/h8-17,19-21,24,30,40H,6-7,18H2,1-5H3,(H,38,44)(H,39,45)/t30-/m0/s1. The van der Waals surface area contributed by atoms with Gasteiger partial charge in [-0.15, -0.1) is 0 Å². The van der Waals surface area contributed by atoms with Crippen LogP contribution in [0.4, 0.5) is 14.5 Å². The average Bonchev–Trinajstić information content (AvgIpc) is 3.39. The Morgan fingerprint density at radius 1 is 0.860 bits per heavy atom. The molecular weight excluding hydrogens is 672 g/mol. The molecule has 0 radical (unpaired) electrons. The van der Waals surface area contributed by atoms with Crippen molar-refractivity contribution in [3.05, 3.63) is 112 Å². The molecule has 3 N–H and O–H groups in total. The summed E-state index contributed by atoms with van der Waals surface area (Å²) in [4.78, 5) is 50.5. The Labute approximate surface area is 288 Å². The molecule has 266 valence electrons. The fourth-order valence-electron chi connectivity index (χ4n) is 5.13. The van der Waals surface area contributed by atoms with Crippen molar-refractivity contribution in [2.45, 2.75) is 70.0 Å². The number of carbonyl (C=O) groups is 3. The van der Waals surface area contributed by atoms with Crippen LogP contribution in [0.2, 0.25) is 0 Å². The average molecular weight is 712 g/mol. The van der Waals surface area contributed by atoms with Gasteiger partial charge in [-0.2, -0.15) is 0 Å². The molecule has 0 aliphatic rings. The molecule has 4 rings (SSSR count). The lowest BCUT2D eigenvalue weighted by molar-refractivity contribution is -0.149. The van der Waals surface area contributed by atoms with E-state index in [4.69, 9.17) is 4.74 Å². The van der Waals surface area contributed by atoms with Crippen LogP contribution in [0.1, 0.15) is 66.8 Å². The van der Waals surface area contributed by atoms with E-state index < -0.39 is 56.9 Å². The smallest absolute Gasteiger partial charge is 0.329 e. The first-order valence-corrected chi connectivity index (χ1v) is 17.4. The molecule has 1 aromatic heterocycles. The third kappa shape index (κ3) is 9.02. The number of hydrogen-bond acceptors (Lipinski definition) is 7. The van der Waals surface area contributed by atoms with Crippen LogP contribution in [-0.4, -0.2) is 53.8 Å². The van der Waals surface area contributed by atoms with E-state index in [1.807, 2.05) is 13.8 Å². The molecule has 0 saturated carbocycles. The molecule has 0 fully saturated rings. The van der Waals surface area contributed by atoms with Crippen molar-refractivity contribution in [3.8, 4) is 5.69 Å². The van der Waals surface area contributed by atoms with Gasteiger partial charge in [-0.05, 0) is 80.8 Å². The fraction of sp³-hybridized carbons (Fsp3) is 0.314. The highest BCUT2D eigenvalue weighted by Crippen LogP contribution is 2.23. The summed E-state index contributed by atoms with van der Waals surface area (Å²) in [5, 5.41) is 5.18. The summed E-state index contributed by atoms with van der Waals surface area (Å²) in [6.45, 7) is 7.06. The van der Waals surface area contributed by atoms with E-state index in [0.29, 0.717) is 23.4 Å². The van der Waals surface area contributed by atoms with Crippen molar-refractivity contribution in [1.82, 2.24) is 20.0 Å². The van der Waals surface area contributed by atoms with E-state index in [-0.39, 0.29) is 34.4 Å². The Morgan fingerprint density at radius 3 is 1.98 bits per heavy atom. The predicted octanol–water partition coefficient (Wildman–Crippen LogP) is 4.47. The Morgan fingerprint density at radius 2 is 1.46 bits per heavy atom. The number of hydrogen-bond donors (Lipinski definition) is 3. The third-order valence-electron chi connectivity index (χ3n) is 7.79. The van der Waals surface area contributed by atoms with Crippen molar-refractivity contribution in [2.24, 2.45) is 7.05 Å². The highest BCUT2D eigenvalue weighted by atomic mass is 32.2. The lowest BCUT2D eigenvalue weighted by atomic mass is 10.0. The first kappa shape index (κ1) is 37.5. The van der Waals surface area contributed by atoms with Crippen LogP contribution < -0.4 is 20.9 Å². The monoisotopic (exact) mass is 711 g/mol. The van der Waals surface area contributed by atoms with E-state index in [1.54, 1.807) is 56.0 Å². The Kier molecular flexibility index (Phi) is 12.0. The minimum atomic E-state index is -4.35. The van der Waals surface area contributed by atoms with Crippen molar-refractivity contribution in [2.75, 3.05) is 4.72 Å². The van der Waals surface area contributed by atoms with Gasteiger partial charge in [0.15, 0.2) is 0 Å². The summed E-state index contributed by atoms with van der Waals surface area (Å²) >= 11 is 0. The van der Waals surface area contributed by atoms with Crippen LogP contribution in [0.3, 0.4) is 0 Å². The second-order valence-electron chi connectivity index (χ2n) is 11.9. The van der Waals surface area contributed by atoms with E-state index >= 15 is 8.78 Å². The van der Waals surface area contributed by atoms with Gasteiger partial charge in [-0.25, -0.2) is 26.7 Å². The summed E-state index contributed by atoms with van der Waals surface area (Å²) in [6, 6.07) is 12.8. The number of aromatic nitrogens is 2. The van der Waals surface area contributed by atoms with E-state index in [0.717, 1.165) is 12.8 Å². The number of amides is 2. The molecule has 15 heteroatoms. The number of nitrogens with zero attached hydrogens (tertiary/aromatic N) is 2. The number of sulfonamides is 1. The molecule has 12 nitrogen and oxygen atoms in total. The van der Waals surface area contributed by atoms with Crippen molar-refractivity contribution < 1.29 is 36.3 Å². The molecule has 0 aliphatic carbocycles. The van der Waals surface area contributed by atoms with Gasteiger partial charge in [0.25, 0.3) is 27.4 Å². The Balaban J connectivity index is 1.50. The van der Waals surface area contributed by atoms with E-state index in [1.165, 1.54) is 35.0 Å². The van der Waals surface area contributed by atoms with Crippen LogP contribution in [0, 0.1) is 11.6 Å². The van der Waals surface area contributed by atoms with Crippen molar-refractivity contribution in [1.29, 1.82) is 0 Å². The Bertz CT molecular complexity index is 2000. The molecule has 0 bridgehead atoms. The second kappa shape index (κ2) is 15.9. The van der Waals surface area contributed by atoms with Gasteiger partial charge in [-0.3, -0.25) is 23.8 Å². The van der Waals surface area contributed by atoms with Gasteiger partial charge < -0.3 is 15.4 Å². The number of esters is 1. The van der Waals surface area contributed by atoms with Gasteiger partial charge >= 0.3 is 5.97 Å². The normalized spacial score (nSPS) is 12.1. The predicted molar refractivity (Wildman–Crippen MR) is 183 cm³/mol. The van der Waals surface area contributed by atoms with Crippen molar-refractivity contribution >= 4 is 33.5 Å². The first-order valence-electron chi connectivity index (χ1n) is 15.9. The first-order chi connectivity index (χ1) is 23.6. The number of nitrogens with one attached hydrogen (secondary N) is 3. The second-order valence-corrected chi connectivity index (χ2v) is 13.5. The number of carbonyl (C=O) groups excluding carboxylic acids is 3. The van der Waals surface area contributed by atoms with Crippen molar-refractivity contribution in [3.63, 3.8) is 0 Å². The maximum atomic E-state index is 15.2. The largest absolute Gasteiger partial charge is 0.461 e. The highest BCUT2D eigenvalue weighted by molar-refractivity contribution is 7.92. The molecule has 50 heavy (non-hydrogen) atoms. The minimum Gasteiger partial charge on any atom is -0.461 e. The molecule has 2 amide bonds. The molecule has 0 saturated heterocycles. The van der Waals surface area contributed by atoms with Crippen LogP contribution >= 0.6 is 0 Å². The summed E-state index contributed by atoms with van der Waals surface area (Å²) in [5.74, 6) is -5.26. The van der Waals surface area contributed by atoms with Crippen LogP contribution in [0.25, 0.3) is 5.69 Å². The minimum absolute atomic E-state index is 0.0334. The third-order valence-corrected chi connectivity index (χ3v) is 9.19. The summed E-state index contributed by atoms with van der Waals surface area (Å²) in [5.41, 5.74) is -0.455. The summed E-state index contributed by atoms with van der Waals surface area (Å²) < 4.78 is 66.8. The number of ether oxygens (including phenoxy) is 1. The SMILES string of the molecule is CCC(CC)NC(=O)c1ccc(S(=O)(=O)Nc2cc(F)c(C(=O)N[C@@H](Cc3ccc(-n4c(=O)ccn4C)cc3)C(=O)OC(C)C)c(F)c2)cc1. The molecule has 4 aromatic rings. The topological polar surface area (TPSA) is 158 Å². The number of rotatable bonds is 14. The number of anilines is 1. The molecule has 0 aliphatic heterocycles. The maximum absolute atomic E-state index is 15.2. The van der Waals surface area contributed by atoms with Crippen LogP contribution in [0.15, 0.2) is 82.6 Å². The Hall–Kier alpha value is -5.31. The summed E-state index contributed by atoms with van der Waals surface area (Å²) in [6.07, 6.45) is 2.38. The quantitative estimate of drug-likeness (QED) is 0.163. The lowest BCUT2D eigenvalue weighted by Gasteiger charge is -2.20. The fourth-order valence-corrected chi connectivity index (χ4v) is 6.17. The highest BCUT2D eigenvalue weighted by Gasteiger charge is 2.28. The zero-order valence-electron chi connectivity index (χ0n) is 28.2. The number of benzene rings is 3. The molecule has 0 unspecified atom stereocenters. The lowest BCUT2D eigenvalue weighted by Crippen LogP contribution is -2.44.